The van der Waals surface area contributed by atoms with Gasteiger partial charge in [0.25, 0.3) is 0 Å². The number of aliphatic hydroxyl groups is 1. The van der Waals surface area contributed by atoms with Crippen LogP contribution in [-0.4, -0.2) is 35.3 Å². The highest BCUT2D eigenvalue weighted by atomic mass is 32.2. The van der Waals surface area contributed by atoms with E-state index < -0.39 is 0 Å². The molecule has 0 aliphatic heterocycles. The topological polar surface area (TPSA) is 46.5 Å². The molecule has 0 spiro atoms. The van der Waals surface area contributed by atoms with Crippen molar-refractivity contribution in [1.29, 1.82) is 0 Å². The van der Waals surface area contributed by atoms with E-state index in [4.69, 9.17) is 0 Å². The van der Waals surface area contributed by atoms with E-state index in [1.807, 2.05) is 0 Å². The lowest BCUT2D eigenvalue weighted by Gasteiger charge is -2.26. The van der Waals surface area contributed by atoms with Crippen LogP contribution in [0.3, 0.4) is 0 Å². The summed E-state index contributed by atoms with van der Waals surface area (Å²) < 4.78 is 4.54. The molecule has 0 heterocycles. The molecule has 0 saturated heterocycles. The van der Waals surface area contributed by atoms with Gasteiger partial charge in [-0.05, 0) is 12.8 Å². The average Bonchev–Trinajstić information content (AvgIpc) is 2.16. The minimum absolute atomic E-state index is 0.206. The monoisotopic (exact) mass is 204 g/mol. The molecular weight excluding hydrogens is 188 g/mol. The normalized spacial score (nSPS) is 28.5. The van der Waals surface area contributed by atoms with Crippen LogP contribution in [0.1, 0.15) is 25.7 Å². The summed E-state index contributed by atoms with van der Waals surface area (Å²) in [6, 6.07) is 0. The number of carbonyl (C=O) groups excluding carboxylic acids is 1. The SMILES string of the molecule is COC(=O)CS[C@@H]1CCCC[C@H]1O. The van der Waals surface area contributed by atoms with E-state index in [9.17, 15) is 9.90 Å². The van der Waals surface area contributed by atoms with Crippen molar-refractivity contribution in [2.45, 2.75) is 37.0 Å². The predicted molar refractivity (Wildman–Crippen MR) is 52.7 cm³/mol. The number of methoxy groups -OCH3 is 1. The zero-order valence-electron chi connectivity index (χ0n) is 7.86. The maximum Gasteiger partial charge on any atom is 0.315 e. The van der Waals surface area contributed by atoms with Crippen molar-refractivity contribution in [1.82, 2.24) is 0 Å². The van der Waals surface area contributed by atoms with Crippen LogP contribution >= 0.6 is 11.8 Å². The average molecular weight is 204 g/mol. The molecule has 0 aromatic rings. The van der Waals surface area contributed by atoms with Gasteiger partial charge in [-0.3, -0.25) is 4.79 Å². The van der Waals surface area contributed by atoms with Gasteiger partial charge in [0.1, 0.15) is 0 Å². The van der Waals surface area contributed by atoms with Crippen LogP contribution in [0.15, 0.2) is 0 Å². The molecule has 0 amide bonds. The van der Waals surface area contributed by atoms with Crippen LogP contribution in [0.25, 0.3) is 0 Å². The number of hydrogen-bond donors (Lipinski definition) is 1. The summed E-state index contributed by atoms with van der Waals surface area (Å²) in [6.45, 7) is 0. The number of thioether (sulfide) groups is 1. The van der Waals surface area contributed by atoms with Crippen molar-refractivity contribution in [3.63, 3.8) is 0 Å². The van der Waals surface area contributed by atoms with Crippen LogP contribution in [0.2, 0.25) is 0 Å². The van der Waals surface area contributed by atoms with Gasteiger partial charge in [-0.1, -0.05) is 12.8 Å². The fraction of sp³-hybridized carbons (Fsp3) is 0.889. The molecule has 3 nitrogen and oxygen atoms in total. The van der Waals surface area contributed by atoms with Crippen molar-refractivity contribution >= 4 is 17.7 Å². The van der Waals surface area contributed by atoms with E-state index in [0.717, 1.165) is 25.7 Å². The second-order valence-corrected chi connectivity index (χ2v) is 4.50. The predicted octanol–water partition coefficient (Wildman–Crippen LogP) is 1.20. The van der Waals surface area contributed by atoms with Gasteiger partial charge in [0.2, 0.25) is 0 Å². The molecule has 1 saturated carbocycles. The maximum absolute atomic E-state index is 10.8. The Balaban J connectivity index is 2.22. The summed E-state index contributed by atoms with van der Waals surface area (Å²) in [5.41, 5.74) is 0. The molecule has 0 unspecified atom stereocenters. The third-order valence-electron chi connectivity index (χ3n) is 2.31. The molecule has 1 fully saturated rings. The zero-order chi connectivity index (χ0) is 9.68. The number of hydrogen-bond acceptors (Lipinski definition) is 4. The first-order valence-corrected chi connectivity index (χ1v) is 5.65. The van der Waals surface area contributed by atoms with E-state index in [2.05, 4.69) is 4.74 Å². The Morgan fingerprint density at radius 1 is 1.54 bits per heavy atom. The zero-order valence-corrected chi connectivity index (χ0v) is 8.68. The van der Waals surface area contributed by atoms with Gasteiger partial charge in [0, 0.05) is 5.25 Å². The van der Waals surface area contributed by atoms with E-state index in [0.29, 0.717) is 5.75 Å². The molecule has 1 rings (SSSR count). The Morgan fingerprint density at radius 2 is 2.23 bits per heavy atom. The largest absolute Gasteiger partial charge is 0.468 e. The fourth-order valence-corrected chi connectivity index (χ4v) is 2.67. The minimum atomic E-state index is -0.233. The van der Waals surface area contributed by atoms with Gasteiger partial charge in [0.05, 0.1) is 19.0 Å². The summed E-state index contributed by atoms with van der Waals surface area (Å²) in [6.07, 6.45) is 3.93. The van der Waals surface area contributed by atoms with Gasteiger partial charge in [-0.2, -0.15) is 0 Å². The Hall–Kier alpha value is -0.220. The third kappa shape index (κ3) is 3.56. The standard InChI is InChI=1S/C9H16O3S/c1-12-9(11)6-13-8-5-3-2-4-7(8)10/h7-8,10H,2-6H2,1H3/t7-,8-/m1/s1. The summed E-state index contributed by atoms with van der Waals surface area (Å²) in [4.78, 5) is 10.8. The Labute approximate surface area is 82.8 Å². The third-order valence-corrected chi connectivity index (χ3v) is 3.69. The van der Waals surface area contributed by atoms with Gasteiger partial charge < -0.3 is 9.84 Å². The smallest absolute Gasteiger partial charge is 0.315 e. The summed E-state index contributed by atoms with van der Waals surface area (Å²) >= 11 is 1.51. The van der Waals surface area contributed by atoms with Crippen molar-refractivity contribution in [2.75, 3.05) is 12.9 Å². The molecule has 1 aliphatic rings. The van der Waals surface area contributed by atoms with Crippen LogP contribution in [0, 0.1) is 0 Å². The van der Waals surface area contributed by atoms with Crippen LogP contribution in [-0.2, 0) is 9.53 Å². The van der Waals surface area contributed by atoms with Gasteiger partial charge in [-0.15, -0.1) is 11.8 Å². The molecular formula is C9H16O3S. The molecule has 0 aromatic carbocycles. The maximum atomic E-state index is 10.8. The Bertz CT molecular complexity index is 172. The van der Waals surface area contributed by atoms with Crippen molar-refractivity contribution in [3.8, 4) is 0 Å². The van der Waals surface area contributed by atoms with E-state index in [1.165, 1.54) is 18.9 Å². The van der Waals surface area contributed by atoms with Crippen LogP contribution < -0.4 is 0 Å². The van der Waals surface area contributed by atoms with Crippen LogP contribution in [0.5, 0.6) is 0 Å². The lowest BCUT2D eigenvalue weighted by Crippen LogP contribution is -2.28. The summed E-state index contributed by atoms with van der Waals surface area (Å²) in [7, 11) is 1.39. The number of ether oxygens (including phenoxy) is 1. The second-order valence-electron chi connectivity index (χ2n) is 3.28. The van der Waals surface area contributed by atoms with E-state index in [1.54, 1.807) is 0 Å². The molecule has 0 aromatic heterocycles. The highest BCUT2D eigenvalue weighted by Gasteiger charge is 2.23. The van der Waals surface area contributed by atoms with Crippen molar-refractivity contribution in [3.05, 3.63) is 0 Å². The first kappa shape index (κ1) is 10.9. The minimum Gasteiger partial charge on any atom is -0.468 e. The van der Waals surface area contributed by atoms with Crippen molar-refractivity contribution in [2.24, 2.45) is 0 Å². The summed E-state index contributed by atoms with van der Waals surface area (Å²) in [5.74, 6) is 0.154. The molecule has 76 valence electrons. The van der Waals surface area contributed by atoms with E-state index >= 15 is 0 Å². The van der Waals surface area contributed by atoms with E-state index in [-0.39, 0.29) is 17.3 Å². The van der Waals surface area contributed by atoms with Crippen molar-refractivity contribution < 1.29 is 14.6 Å². The molecule has 0 radical (unpaired) electrons. The molecule has 0 bridgehead atoms. The van der Waals surface area contributed by atoms with Gasteiger partial charge >= 0.3 is 5.97 Å². The number of esters is 1. The lowest BCUT2D eigenvalue weighted by atomic mass is 9.97. The Morgan fingerprint density at radius 3 is 2.85 bits per heavy atom. The number of rotatable bonds is 3. The summed E-state index contributed by atoms with van der Waals surface area (Å²) in [5, 5.41) is 9.81. The first-order chi connectivity index (χ1) is 6.24. The van der Waals surface area contributed by atoms with Gasteiger partial charge in [0.15, 0.2) is 0 Å². The highest BCUT2D eigenvalue weighted by Crippen LogP contribution is 2.28. The number of aliphatic hydroxyl groups excluding tert-OH is 1. The molecule has 1 N–H and O–H groups in total. The fourth-order valence-electron chi connectivity index (χ4n) is 1.51. The number of carbonyl (C=O) groups is 1. The van der Waals surface area contributed by atoms with Crippen LogP contribution in [0.4, 0.5) is 0 Å². The first-order valence-electron chi connectivity index (χ1n) is 4.60. The van der Waals surface area contributed by atoms with Gasteiger partial charge in [-0.25, -0.2) is 0 Å². The molecule has 13 heavy (non-hydrogen) atoms. The Kier molecular flexibility index (Phi) is 4.59. The molecule has 1 aliphatic carbocycles. The molecule has 2 atom stereocenters. The molecule has 4 heteroatoms. The quantitative estimate of drug-likeness (QED) is 0.702. The lowest BCUT2D eigenvalue weighted by molar-refractivity contribution is -0.137. The highest BCUT2D eigenvalue weighted by molar-refractivity contribution is 8.00. The second kappa shape index (κ2) is 5.50.